The van der Waals surface area contributed by atoms with E-state index in [-0.39, 0.29) is 35.6 Å². The monoisotopic (exact) mass is 1060 g/mol. The maximum Gasteiger partial charge on any atom is 0.187 e. The lowest BCUT2D eigenvalue weighted by atomic mass is 9.44. The van der Waals surface area contributed by atoms with Gasteiger partial charge in [-0.25, -0.2) is 0 Å². The molecule has 23 nitrogen and oxygen atoms in total. The Morgan fingerprint density at radius 2 is 1.07 bits per heavy atom. The molecule has 0 spiro atoms. The van der Waals surface area contributed by atoms with Crippen LogP contribution in [0.1, 0.15) is 91.9 Å². The predicted molar refractivity (Wildman–Crippen MR) is 250 cm³/mol. The quantitative estimate of drug-likeness (QED) is 0.0685. The summed E-state index contributed by atoms with van der Waals surface area (Å²) < 4.78 is 53.7. The van der Waals surface area contributed by atoms with Crippen LogP contribution in [0.2, 0.25) is 0 Å². The van der Waals surface area contributed by atoms with E-state index in [1.54, 1.807) is 0 Å². The van der Waals surface area contributed by atoms with Gasteiger partial charge < -0.3 is 114 Å². The van der Waals surface area contributed by atoms with E-state index in [1.807, 2.05) is 6.92 Å². The number of ether oxygens (including phenoxy) is 9. The first-order chi connectivity index (χ1) is 35.2. The topological polar surface area (TPSA) is 366 Å². The molecule has 0 amide bonds. The van der Waals surface area contributed by atoms with E-state index in [9.17, 15) is 71.5 Å². The van der Waals surface area contributed by atoms with Crippen molar-refractivity contribution >= 4 is 0 Å². The molecular weight excluding hydrogens is 981 g/mol. The Hall–Kier alpha value is -1.34. The molecule has 5 heterocycles. The van der Waals surface area contributed by atoms with Crippen LogP contribution in [0.3, 0.4) is 0 Å². The van der Waals surface area contributed by atoms with E-state index in [0.29, 0.717) is 36.0 Å². The Morgan fingerprint density at radius 1 is 0.541 bits per heavy atom. The van der Waals surface area contributed by atoms with Crippen LogP contribution in [-0.4, -0.2) is 240 Å². The second kappa shape index (κ2) is 23.0. The Labute approximate surface area is 430 Å². The van der Waals surface area contributed by atoms with E-state index >= 15 is 0 Å². The SMILES string of the molecule is CC1=C(CC[C@H](C)CO[C@@H]2O[C@H](CO)[C@@H](O)[C@H](O)[C@H]2O)O[C@H]2C[C@H]3[C@@H]4CC[C@@H]5C[C@@H](O[C@@H]6O[C@H](CO)[C@H](O[C@@H]7O[C@H](CO)[C@@H](O)[C@H](O)[C@H]7O[C@@H]7O[C@H](CO)[C@@H](O)[C@H](O)[C@H]7O)[C@H](O)[C@H]6O)CC[C@]5(C)[C@H]4CC[C@]3(C)[C@@H]12. The van der Waals surface area contributed by atoms with E-state index in [2.05, 4.69) is 20.8 Å². The van der Waals surface area contributed by atoms with Gasteiger partial charge in [-0.1, -0.05) is 20.8 Å². The molecule has 426 valence electrons. The van der Waals surface area contributed by atoms with Crippen LogP contribution in [0, 0.1) is 46.3 Å². The minimum atomic E-state index is -1.91. The molecule has 9 rings (SSSR count). The fourth-order valence-corrected chi connectivity index (χ4v) is 15.2. The van der Waals surface area contributed by atoms with Gasteiger partial charge in [0.15, 0.2) is 25.2 Å². The van der Waals surface area contributed by atoms with Gasteiger partial charge in [0.05, 0.1) is 44.9 Å². The third kappa shape index (κ3) is 10.4. The van der Waals surface area contributed by atoms with Gasteiger partial charge in [-0.3, -0.25) is 0 Å². The van der Waals surface area contributed by atoms with Crippen molar-refractivity contribution in [1.29, 1.82) is 0 Å². The molecule has 9 aliphatic rings. The van der Waals surface area contributed by atoms with E-state index in [0.717, 1.165) is 63.5 Å². The Kier molecular flexibility index (Phi) is 17.8. The zero-order chi connectivity index (χ0) is 53.3. The summed E-state index contributed by atoms with van der Waals surface area (Å²) in [5.74, 6) is 3.37. The zero-order valence-corrected chi connectivity index (χ0v) is 42.7. The van der Waals surface area contributed by atoms with Crippen molar-refractivity contribution in [3.05, 3.63) is 11.3 Å². The molecule has 0 aromatic rings. The van der Waals surface area contributed by atoms with Crippen molar-refractivity contribution in [1.82, 2.24) is 0 Å². The lowest BCUT2D eigenvalue weighted by Gasteiger charge is -2.61. The van der Waals surface area contributed by atoms with Crippen LogP contribution < -0.4 is 0 Å². The van der Waals surface area contributed by atoms with Crippen LogP contribution in [-0.2, 0) is 42.6 Å². The smallest absolute Gasteiger partial charge is 0.187 e. The molecule has 4 saturated heterocycles. The van der Waals surface area contributed by atoms with Crippen LogP contribution in [0.25, 0.3) is 0 Å². The first-order valence-electron chi connectivity index (χ1n) is 27.0. The van der Waals surface area contributed by atoms with Crippen LogP contribution in [0.4, 0.5) is 0 Å². The summed E-state index contributed by atoms with van der Waals surface area (Å²) in [6, 6.07) is 0. The average molecular weight is 1070 g/mol. The van der Waals surface area contributed by atoms with Crippen molar-refractivity contribution in [2.45, 2.75) is 227 Å². The van der Waals surface area contributed by atoms with Gasteiger partial charge >= 0.3 is 0 Å². The van der Waals surface area contributed by atoms with Gasteiger partial charge in [0.25, 0.3) is 0 Å². The van der Waals surface area contributed by atoms with Gasteiger partial charge in [0.2, 0.25) is 0 Å². The highest BCUT2D eigenvalue weighted by Gasteiger charge is 2.65. The van der Waals surface area contributed by atoms with Gasteiger partial charge in [-0.2, -0.15) is 0 Å². The molecule has 8 fully saturated rings. The summed E-state index contributed by atoms with van der Waals surface area (Å²) in [7, 11) is 0. The number of rotatable bonds is 16. The number of hydrogen-bond donors (Lipinski definition) is 14. The first kappa shape index (κ1) is 57.3. The summed E-state index contributed by atoms with van der Waals surface area (Å²) in [6.07, 6.45) is -22.6. The molecule has 0 aromatic heterocycles. The highest BCUT2D eigenvalue weighted by Crippen LogP contribution is 2.70. The van der Waals surface area contributed by atoms with E-state index in [4.69, 9.17) is 42.6 Å². The fraction of sp³-hybridized carbons (Fsp3) is 0.961. The lowest BCUT2D eigenvalue weighted by Crippen LogP contribution is -2.67. The van der Waals surface area contributed by atoms with Crippen LogP contribution >= 0.6 is 0 Å². The number of hydrogen-bond acceptors (Lipinski definition) is 23. The number of aliphatic hydroxyl groups excluding tert-OH is 14. The van der Waals surface area contributed by atoms with Crippen LogP contribution in [0.5, 0.6) is 0 Å². The maximum absolute atomic E-state index is 11.6. The molecular formula is C51H84O23. The minimum Gasteiger partial charge on any atom is -0.494 e. The van der Waals surface area contributed by atoms with Crippen molar-refractivity contribution < 1.29 is 114 Å². The Balaban J connectivity index is 0.786. The third-order valence-corrected chi connectivity index (χ3v) is 19.5. The predicted octanol–water partition coefficient (Wildman–Crippen LogP) is -3.01. The third-order valence-electron chi connectivity index (χ3n) is 19.5. The number of fused-ring (bicyclic) bond motifs is 7. The van der Waals surface area contributed by atoms with E-state index in [1.165, 1.54) is 5.57 Å². The lowest BCUT2D eigenvalue weighted by molar-refractivity contribution is -0.390. The summed E-state index contributed by atoms with van der Waals surface area (Å²) in [6.45, 7) is 6.62. The van der Waals surface area contributed by atoms with Gasteiger partial charge in [-0.05, 0) is 111 Å². The molecule has 4 aliphatic carbocycles. The first-order valence-corrected chi connectivity index (χ1v) is 27.0. The molecule has 74 heavy (non-hydrogen) atoms. The molecule has 0 aromatic carbocycles. The highest BCUT2D eigenvalue weighted by atomic mass is 16.8. The number of allylic oxidation sites excluding steroid dienone is 1. The molecule has 0 radical (unpaired) electrons. The summed E-state index contributed by atoms with van der Waals surface area (Å²) in [5.41, 5.74) is 1.49. The minimum absolute atomic E-state index is 0.0590. The summed E-state index contributed by atoms with van der Waals surface area (Å²) in [5, 5.41) is 147. The molecule has 0 unspecified atom stereocenters. The average Bonchev–Trinajstić information content (AvgIpc) is 3.88. The molecule has 23 heteroatoms. The van der Waals surface area contributed by atoms with Gasteiger partial charge in [0, 0.05) is 12.3 Å². The van der Waals surface area contributed by atoms with Crippen molar-refractivity contribution in [3.8, 4) is 0 Å². The molecule has 30 atom stereocenters. The van der Waals surface area contributed by atoms with Crippen LogP contribution in [0.15, 0.2) is 11.3 Å². The number of aliphatic hydroxyl groups is 14. The molecule has 5 aliphatic heterocycles. The summed E-state index contributed by atoms with van der Waals surface area (Å²) in [4.78, 5) is 0. The van der Waals surface area contributed by atoms with Crippen molar-refractivity contribution in [2.24, 2.45) is 46.3 Å². The second-order valence-corrected chi connectivity index (χ2v) is 23.7. The molecule has 4 saturated carbocycles. The van der Waals surface area contributed by atoms with Crippen molar-refractivity contribution in [3.63, 3.8) is 0 Å². The normalized spacial score (nSPS) is 52.9. The second-order valence-electron chi connectivity index (χ2n) is 23.7. The fourth-order valence-electron chi connectivity index (χ4n) is 15.2. The molecule has 14 N–H and O–H groups in total. The highest BCUT2D eigenvalue weighted by molar-refractivity contribution is 5.27. The molecule has 0 bridgehead atoms. The zero-order valence-electron chi connectivity index (χ0n) is 42.7. The Morgan fingerprint density at radius 3 is 1.72 bits per heavy atom. The van der Waals surface area contributed by atoms with Gasteiger partial charge in [-0.15, -0.1) is 0 Å². The summed E-state index contributed by atoms with van der Waals surface area (Å²) >= 11 is 0. The maximum atomic E-state index is 11.6. The van der Waals surface area contributed by atoms with Gasteiger partial charge in [0.1, 0.15) is 104 Å². The Bertz CT molecular complexity index is 1890. The van der Waals surface area contributed by atoms with E-state index < -0.39 is 149 Å². The standard InChI is InChI=1S/C51H84O23/c1-20(19-66-46-41(63)37(59)34(56)29(15-52)69-46)5-8-27-21(2)33-28(68-27)14-26-24-7-6-22-13-23(9-11-50(22,3)25(24)10-12-51(26,33)4)67-47-43(65)40(62)44(32(18-55)72-47)73-49-45(39(61)36(58)31(17-54)71-49)74-48-42(64)38(60)35(57)30(16-53)70-48/h20,22-26,28-49,52-65H,5-19H2,1-4H3/t20-,22+,23-,24+,25-,26-,28-,29+,30+,31+,32+,33-,34+,35+,36+,37-,38-,39-,40+,41+,42+,43+,44-,45+,46+,47+,48-,49-,50-,51-/m0/s1. The van der Waals surface area contributed by atoms with Crippen molar-refractivity contribution in [2.75, 3.05) is 33.0 Å². The largest absolute Gasteiger partial charge is 0.494 e.